The highest BCUT2D eigenvalue weighted by molar-refractivity contribution is 5.24. The second-order valence-electron chi connectivity index (χ2n) is 6.31. The fourth-order valence-corrected chi connectivity index (χ4v) is 3.74. The van der Waals surface area contributed by atoms with E-state index in [0.717, 1.165) is 23.8 Å². The van der Waals surface area contributed by atoms with Gasteiger partial charge in [0.15, 0.2) is 0 Å². The van der Waals surface area contributed by atoms with E-state index in [1.807, 2.05) is 13.8 Å². The highest BCUT2D eigenvalue weighted by Gasteiger charge is 2.49. The minimum absolute atomic E-state index is 0.300. The molecule has 4 atom stereocenters. The molecule has 0 spiro atoms. The van der Waals surface area contributed by atoms with Gasteiger partial charge in [-0.2, -0.15) is 0 Å². The van der Waals surface area contributed by atoms with Crippen molar-refractivity contribution in [1.82, 2.24) is 0 Å². The van der Waals surface area contributed by atoms with E-state index in [1.54, 1.807) is 0 Å². The number of fused-ring (bicyclic) bond motifs is 2. The first kappa shape index (κ1) is 12.9. The van der Waals surface area contributed by atoms with Gasteiger partial charge in [-0.25, -0.2) is 0 Å². The molecule has 2 aliphatic carbocycles. The van der Waals surface area contributed by atoms with E-state index >= 15 is 0 Å². The smallest absolute Gasteiger partial charge is 0.0719 e. The molecule has 2 fully saturated rings. The van der Waals surface area contributed by atoms with Gasteiger partial charge in [-0.05, 0) is 68.8 Å². The zero-order valence-electron chi connectivity index (χ0n) is 11.5. The summed E-state index contributed by atoms with van der Waals surface area (Å²) in [4.78, 5) is 0. The maximum atomic E-state index is 9.45. The van der Waals surface area contributed by atoms with Gasteiger partial charge in [0, 0.05) is 0 Å². The summed E-state index contributed by atoms with van der Waals surface area (Å²) in [6.07, 6.45) is 8.35. The average Bonchev–Trinajstić information content (AvgIpc) is 2.83. The normalized spacial score (nSPS) is 38.8. The monoisotopic (exact) mass is 234 g/mol. The van der Waals surface area contributed by atoms with Crippen molar-refractivity contribution in [2.75, 3.05) is 0 Å². The van der Waals surface area contributed by atoms with E-state index in [4.69, 9.17) is 0 Å². The molecule has 1 N–H and O–H groups in total. The second-order valence-corrected chi connectivity index (χ2v) is 6.31. The van der Waals surface area contributed by atoms with Gasteiger partial charge < -0.3 is 5.11 Å². The van der Waals surface area contributed by atoms with Crippen LogP contribution in [0.15, 0.2) is 23.8 Å². The van der Waals surface area contributed by atoms with Crippen LogP contribution in [-0.2, 0) is 0 Å². The molecule has 1 heteroatoms. The fourth-order valence-electron chi connectivity index (χ4n) is 3.74. The SMILES string of the molecule is C=C1[C@@H]2CC[C@@H](C2)[C@@]1(C)CC/C=C(/C)C(C)O. The maximum Gasteiger partial charge on any atom is 0.0719 e. The Labute approximate surface area is 106 Å². The van der Waals surface area contributed by atoms with Crippen LogP contribution in [0.3, 0.4) is 0 Å². The van der Waals surface area contributed by atoms with Gasteiger partial charge in [0.2, 0.25) is 0 Å². The minimum atomic E-state index is -0.300. The number of aliphatic hydroxyl groups excluding tert-OH is 1. The molecule has 2 bridgehead atoms. The molecule has 1 unspecified atom stereocenters. The summed E-state index contributed by atoms with van der Waals surface area (Å²) < 4.78 is 0. The quantitative estimate of drug-likeness (QED) is 0.726. The molecule has 2 aliphatic rings. The number of hydrogen-bond acceptors (Lipinski definition) is 1. The predicted octanol–water partition coefficient (Wildman–Crippen LogP) is 4.09. The molecular formula is C16H26O. The Morgan fingerprint density at radius 3 is 2.82 bits per heavy atom. The third-order valence-corrected chi connectivity index (χ3v) is 5.35. The van der Waals surface area contributed by atoms with E-state index in [0.29, 0.717) is 5.41 Å². The van der Waals surface area contributed by atoms with Crippen LogP contribution in [0.25, 0.3) is 0 Å². The molecule has 0 aromatic carbocycles. The van der Waals surface area contributed by atoms with Crippen LogP contribution in [-0.4, -0.2) is 11.2 Å². The lowest BCUT2D eigenvalue weighted by Gasteiger charge is -2.36. The lowest BCUT2D eigenvalue weighted by atomic mass is 9.69. The summed E-state index contributed by atoms with van der Waals surface area (Å²) in [6.45, 7) is 10.6. The fraction of sp³-hybridized carbons (Fsp3) is 0.750. The zero-order chi connectivity index (χ0) is 12.6. The molecule has 0 aliphatic heterocycles. The summed E-state index contributed by atoms with van der Waals surface area (Å²) in [7, 11) is 0. The third-order valence-electron chi connectivity index (χ3n) is 5.35. The van der Waals surface area contributed by atoms with Crippen molar-refractivity contribution in [2.24, 2.45) is 17.3 Å². The summed E-state index contributed by atoms with van der Waals surface area (Å²) >= 11 is 0. The Morgan fingerprint density at radius 1 is 1.59 bits per heavy atom. The third kappa shape index (κ3) is 2.22. The lowest BCUT2D eigenvalue weighted by molar-refractivity contribution is 0.227. The van der Waals surface area contributed by atoms with E-state index in [9.17, 15) is 5.11 Å². The minimum Gasteiger partial charge on any atom is -0.389 e. The van der Waals surface area contributed by atoms with Gasteiger partial charge in [0.25, 0.3) is 0 Å². The Hall–Kier alpha value is -0.560. The summed E-state index contributed by atoms with van der Waals surface area (Å²) in [6, 6.07) is 0. The van der Waals surface area contributed by atoms with Crippen molar-refractivity contribution < 1.29 is 5.11 Å². The Morgan fingerprint density at radius 2 is 2.29 bits per heavy atom. The van der Waals surface area contributed by atoms with Gasteiger partial charge in [-0.15, -0.1) is 0 Å². The number of hydrogen-bond donors (Lipinski definition) is 1. The standard InChI is InChI=1S/C16H26O/c1-11(13(3)17)6-5-9-16(4)12(2)14-7-8-15(16)10-14/h6,13-15,17H,2,5,7-10H2,1,3-4H3/b11-6-/t13?,14-,15+,16+/m1/s1. The Balaban J connectivity index is 1.95. The molecule has 0 aromatic heterocycles. The van der Waals surface area contributed by atoms with Gasteiger partial charge in [-0.3, -0.25) is 0 Å². The van der Waals surface area contributed by atoms with Crippen LogP contribution < -0.4 is 0 Å². The maximum absolute atomic E-state index is 9.45. The van der Waals surface area contributed by atoms with Crippen molar-refractivity contribution in [1.29, 1.82) is 0 Å². The van der Waals surface area contributed by atoms with E-state index < -0.39 is 0 Å². The number of rotatable bonds is 4. The molecule has 96 valence electrons. The molecular weight excluding hydrogens is 208 g/mol. The second kappa shape index (κ2) is 4.61. The van der Waals surface area contributed by atoms with Crippen molar-refractivity contribution >= 4 is 0 Å². The molecule has 2 rings (SSSR count). The largest absolute Gasteiger partial charge is 0.389 e. The van der Waals surface area contributed by atoms with Crippen LogP contribution in [0.4, 0.5) is 0 Å². The Bertz CT molecular complexity index is 339. The highest BCUT2D eigenvalue weighted by Crippen LogP contribution is 2.60. The number of aliphatic hydroxyl groups is 1. The first-order valence-corrected chi connectivity index (χ1v) is 6.99. The van der Waals surface area contributed by atoms with Crippen molar-refractivity contribution in [3.8, 4) is 0 Å². The molecule has 1 nitrogen and oxygen atoms in total. The van der Waals surface area contributed by atoms with Crippen LogP contribution in [0, 0.1) is 17.3 Å². The molecule has 17 heavy (non-hydrogen) atoms. The van der Waals surface area contributed by atoms with Gasteiger partial charge in [0.05, 0.1) is 6.10 Å². The molecule has 0 amide bonds. The molecule has 0 heterocycles. The summed E-state index contributed by atoms with van der Waals surface area (Å²) in [5.74, 6) is 1.69. The average molecular weight is 234 g/mol. The zero-order valence-corrected chi connectivity index (χ0v) is 11.5. The van der Waals surface area contributed by atoms with E-state index in [-0.39, 0.29) is 6.10 Å². The first-order chi connectivity index (χ1) is 7.95. The molecule has 0 aromatic rings. The predicted molar refractivity (Wildman–Crippen MR) is 72.7 cm³/mol. The number of allylic oxidation sites excluding steroid dienone is 2. The topological polar surface area (TPSA) is 20.2 Å². The van der Waals surface area contributed by atoms with Crippen molar-refractivity contribution in [2.45, 2.75) is 59.0 Å². The van der Waals surface area contributed by atoms with E-state index in [1.165, 1.54) is 31.3 Å². The van der Waals surface area contributed by atoms with Gasteiger partial charge >= 0.3 is 0 Å². The van der Waals surface area contributed by atoms with Crippen LogP contribution in [0.1, 0.15) is 52.9 Å². The van der Waals surface area contributed by atoms with Crippen molar-refractivity contribution in [3.63, 3.8) is 0 Å². The summed E-state index contributed by atoms with van der Waals surface area (Å²) in [5, 5.41) is 9.45. The Kier molecular flexibility index (Phi) is 3.49. The molecule has 0 radical (unpaired) electrons. The summed E-state index contributed by atoms with van der Waals surface area (Å²) in [5.41, 5.74) is 2.98. The molecule has 0 saturated heterocycles. The molecule has 2 saturated carbocycles. The van der Waals surface area contributed by atoms with E-state index in [2.05, 4.69) is 19.6 Å². The van der Waals surface area contributed by atoms with Crippen LogP contribution in [0.5, 0.6) is 0 Å². The van der Waals surface area contributed by atoms with Crippen LogP contribution in [0.2, 0.25) is 0 Å². The van der Waals surface area contributed by atoms with Gasteiger partial charge in [0.1, 0.15) is 0 Å². The first-order valence-electron chi connectivity index (χ1n) is 6.99. The lowest BCUT2D eigenvalue weighted by Crippen LogP contribution is -2.26. The highest BCUT2D eigenvalue weighted by atomic mass is 16.3. The van der Waals surface area contributed by atoms with Crippen molar-refractivity contribution in [3.05, 3.63) is 23.8 Å². The van der Waals surface area contributed by atoms with Gasteiger partial charge in [-0.1, -0.05) is 25.2 Å². The van der Waals surface area contributed by atoms with Crippen LogP contribution >= 0.6 is 0 Å².